The number of pyridine rings is 2. The molecular formula is C32H33FN4O3S. The minimum absolute atomic E-state index is 0.0808. The molecule has 41 heavy (non-hydrogen) atoms. The molecule has 9 heteroatoms. The number of aromatic nitrogens is 2. The second-order valence-electron chi connectivity index (χ2n) is 11.0. The number of nitrogens with zero attached hydrogens (tertiary/aromatic N) is 3. The number of amides is 1. The van der Waals surface area contributed by atoms with Gasteiger partial charge in [0, 0.05) is 50.8 Å². The molecule has 0 atom stereocenters. The van der Waals surface area contributed by atoms with Crippen LogP contribution in [0.25, 0.3) is 20.8 Å². The lowest BCUT2D eigenvalue weighted by molar-refractivity contribution is -0.132. The van der Waals surface area contributed by atoms with E-state index in [0.29, 0.717) is 30.2 Å². The van der Waals surface area contributed by atoms with Crippen molar-refractivity contribution in [3.05, 3.63) is 71.8 Å². The lowest BCUT2D eigenvalue weighted by Gasteiger charge is -2.34. The molecule has 212 valence electrons. The number of hydrogen-bond acceptors (Lipinski definition) is 7. The zero-order chi connectivity index (χ0) is 28.3. The lowest BCUT2D eigenvalue weighted by atomic mass is 10.0. The second-order valence-corrected chi connectivity index (χ2v) is 12.1. The molecule has 1 N–H and O–H groups in total. The number of benzene rings is 1. The van der Waals surface area contributed by atoms with E-state index in [1.54, 1.807) is 31.3 Å². The highest BCUT2D eigenvalue weighted by molar-refractivity contribution is 7.22. The summed E-state index contributed by atoms with van der Waals surface area (Å²) in [7, 11) is 0. The van der Waals surface area contributed by atoms with Gasteiger partial charge in [0.15, 0.2) is 11.6 Å². The maximum atomic E-state index is 14.9. The van der Waals surface area contributed by atoms with Crippen molar-refractivity contribution in [2.75, 3.05) is 13.1 Å². The van der Waals surface area contributed by atoms with Gasteiger partial charge in [-0.05, 0) is 80.1 Å². The minimum atomic E-state index is -0.496. The number of nitrogens with one attached hydrogen (secondary N) is 1. The van der Waals surface area contributed by atoms with Crippen molar-refractivity contribution in [2.24, 2.45) is 5.92 Å². The first-order chi connectivity index (χ1) is 19.9. The highest BCUT2D eigenvalue weighted by Crippen LogP contribution is 2.39. The summed E-state index contributed by atoms with van der Waals surface area (Å²) in [5, 5.41) is 3.35. The number of hydrogen-bond donors (Lipinski definition) is 1. The van der Waals surface area contributed by atoms with Crippen molar-refractivity contribution in [2.45, 2.75) is 58.0 Å². The zero-order valence-corrected chi connectivity index (χ0v) is 23.9. The molecule has 0 spiro atoms. The molecule has 0 unspecified atom stereocenters. The molecule has 7 nitrogen and oxygen atoms in total. The van der Waals surface area contributed by atoms with Gasteiger partial charge in [0.2, 0.25) is 5.91 Å². The average molecular weight is 573 g/mol. The third-order valence-corrected chi connectivity index (χ3v) is 8.95. The Balaban J connectivity index is 1.16. The highest BCUT2D eigenvalue weighted by atomic mass is 32.1. The molecule has 4 aromatic rings. The molecule has 1 saturated carbocycles. The Labute approximate surface area is 242 Å². The Hall–Kier alpha value is -3.69. The second kappa shape index (κ2) is 12.0. The van der Waals surface area contributed by atoms with Crippen LogP contribution < -0.4 is 10.1 Å². The van der Waals surface area contributed by atoms with Crippen molar-refractivity contribution >= 4 is 33.2 Å². The number of halogens is 1. The molecule has 1 amide bonds. The van der Waals surface area contributed by atoms with Gasteiger partial charge in [-0.2, -0.15) is 0 Å². The zero-order valence-electron chi connectivity index (χ0n) is 23.1. The van der Waals surface area contributed by atoms with Gasteiger partial charge in [-0.15, -0.1) is 11.3 Å². The van der Waals surface area contributed by atoms with Crippen LogP contribution in [-0.2, 0) is 22.6 Å². The third-order valence-electron chi connectivity index (χ3n) is 7.79. The predicted octanol–water partition coefficient (Wildman–Crippen LogP) is 6.30. The Kier molecular flexibility index (Phi) is 8.07. The summed E-state index contributed by atoms with van der Waals surface area (Å²) in [6.45, 7) is 4.02. The summed E-state index contributed by atoms with van der Waals surface area (Å²) in [4.78, 5) is 36.6. The number of ether oxygens (including phenoxy) is 1. The van der Waals surface area contributed by atoms with Crippen molar-refractivity contribution in [3.8, 4) is 22.1 Å². The maximum Gasteiger partial charge on any atom is 0.219 e. The number of carbonyl (C=O) groups is 2. The Morgan fingerprint density at radius 1 is 1.02 bits per heavy atom. The molecule has 1 saturated heterocycles. The first kappa shape index (κ1) is 27.5. The molecule has 0 radical (unpaired) electrons. The van der Waals surface area contributed by atoms with E-state index in [1.165, 1.54) is 17.4 Å². The molecule has 0 bridgehead atoms. The van der Waals surface area contributed by atoms with Crippen molar-refractivity contribution < 1.29 is 18.7 Å². The first-order valence-corrected chi connectivity index (χ1v) is 15.0. The number of fused-ring (bicyclic) bond motifs is 1. The van der Waals surface area contributed by atoms with Gasteiger partial charge < -0.3 is 15.0 Å². The van der Waals surface area contributed by atoms with E-state index in [0.717, 1.165) is 65.1 Å². The van der Waals surface area contributed by atoms with Crippen LogP contribution in [0.15, 0.2) is 54.9 Å². The molecule has 1 aliphatic carbocycles. The van der Waals surface area contributed by atoms with Crippen LogP contribution in [0.4, 0.5) is 4.39 Å². The quantitative estimate of drug-likeness (QED) is 0.240. The van der Waals surface area contributed by atoms with Crippen LogP contribution in [-0.4, -0.2) is 45.7 Å². The summed E-state index contributed by atoms with van der Waals surface area (Å²) in [5.41, 5.74) is 3.18. The predicted molar refractivity (Wildman–Crippen MR) is 157 cm³/mol. The van der Waals surface area contributed by atoms with Gasteiger partial charge in [-0.1, -0.05) is 12.1 Å². The van der Waals surface area contributed by atoms with Gasteiger partial charge in [-0.3, -0.25) is 19.6 Å². The molecule has 1 aromatic carbocycles. The molecule has 4 heterocycles. The average Bonchev–Trinajstić information content (AvgIpc) is 3.67. The fourth-order valence-electron chi connectivity index (χ4n) is 5.40. The smallest absolute Gasteiger partial charge is 0.219 e. The number of piperidine rings is 1. The van der Waals surface area contributed by atoms with E-state index in [2.05, 4.69) is 15.3 Å². The molecule has 1 aliphatic heterocycles. The fourth-order valence-corrected chi connectivity index (χ4v) is 6.44. The standard InChI is InChI=1S/C32H33FN4O3S/c1-20(38)37(24-8-11-34-12-9-24)19-23-4-6-27(36-18-23)31-17-28-32(41-31)30(10-13-35-28)40-29-7-5-22(16-26(29)33)15-25(39)14-21-2-3-21/h4-7,10,13,16-18,21,24,34H,2-3,8-9,11-12,14-15,19H2,1H3. The van der Waals surface area contributed by atoms with Gasteiger partial charge >= 0.3 is 0 Å². The monoisotopic (exact) mass is 572 g/mol. The fraction of sp³-hybridized carbons (Fsp3) is 0.375. The van der Waals surface area contributed by atoms with Crippen LogP contribution in [0.2, 0.25) is 0 Å². The number of carbonyl (C=O) groups excluding carboxylic acids is 2. The van der Waals surface area contributed by atoms with Gasteiger partial charge in [-0.25, -0.2) is 4.39 Å². The van der Waals surface area contributed by atoms with Crippen LogP contribution in [0, 0.1) is 11.7 Å². The largest absolute Gasteiger partial charge is 0.453 e. The van der Waals surface area contributed by atoms with Gasteiger partial charge in [0.1, 0.15) is 11.5 Å². The maximum absolute atomic E-state index is 14.9. The lowest BCUT2D eigenvalue weighted by Crippen LogP contribution is -2.44. The summed E-state index contributed by atoms with van der Waals surface area (Å²) in [6, 6.07) is 12.6. The van der Waals surface area contributed by atoms with E-state index in [1.807, 2.05) is 29.3 Å². The third kappa shape index (κ3) is 6.63. The molecular weight excluding hydrogens is 539 g/mol. The van der Waals surface area contributed by atoms with Crippen LogP contribution in [0.3, 0.4) is 0 Å². The number of rotatable bonds is 10. The van der Waals surface area contributed by atoms with Gasteiger partial charge in [0.05, 0.1) is 20.8 Å². The first-order valence-electron chi connectivity index (χ1n) is 14.2. The van der Waals surface area contributed by atoms with E-state index in [-0.39, 0.29) is 29.9 Å². The number of ketones is 1. The van der Waals surface area contributed by atoms with E-state index < -0.39 is 5.82 Å². The minimum Gasteiger partial charge on any atom is -0.453 e. The summed E-state index contributed by atoms with van der Waals surface area (Å²) >= 11 is 1.48. The van der Waals surface area contributed by atoms with Crippen LogP contribution in [0.1, 0.15) is 50.2 Å². The van der Waals surface area contributed by atoms with Crippen LogP contribution in [0.5, 0.6) is 11.5 Å². The van der Waals surface area contributed by atoms with E-state index in [4.69, 9.17) is 4.74 Å². The van der Waals surface area contributed by atoms with E-state index >= 15 is 0 Å². The summed E-state index contributed by atoms with van der Waals surface area (Å²) < 4.78 is 21.7. The topological polar surface area (TPSA) is 84.4 Å². The molecule has 2 fully saturated rings. The Morgan fingerprint density at radius 3 is 2.54 bits per heavy atom. The highest BCUT2D eigenvalue weighted by Gasteiger charge is 2.25. The normalized spacial score (nSPS) is 15.7. The Morgan fingerprint density at radius 2 is 1.83 bits per heavy atom. The van der Waals surface area contributed by atoms with E-state index in [9.17, 15) is 14.0 Å². The van der Waals surface area contributed by atoms with Crippen LogP contribution >= 0.6 is 11.3 Å². The van der Waals surface area contributed by atoms with Crippen molar-refractivity contribution in [1.29, 1.82) is 0 Å². The number of Topliss-reactive ketones (excluding diaryl/α,β-unsaturated/α-hetero) is 1. The summed E-state index contributed by atoms with van der Waals surface area (Å²) in [5.74, 6) is 0.883. The van der Waals surface area contributed by atoms with Crippen molar-refractivity contribution in [3.63, 3.8) is 0 Å². The van der Waals surface area contributed by atoms with Crippen molar-refractivity contribution in [1.82, 2.24) is 20.2 Å². The van der Waals surface area contributed by atoms with Gasteiger partial charge in [0.25, 0.3) is 0 Å². The molecule has 2 aliphatic rings. The number of thiophene rings is 1. The Bertz CT molecular complexity index is 1560. The summed E-state index contributed by atoms with van der Waals surface area (Å²) in [6.07, 6.45) is 8.46. The molecule has 3 aromatic heterocycles. The molecule has 6 rings (SSSR count). The SMILES string of the molecule is CC(=O)N(Cc1ccc(-c2cc3nccc(Oc4ccc(CC(=O)CC5CC5)cc4F)c3s2)nc1)C1CCNCC1.